The van der Waals surface area contributed by atoms with Crippen molar-refractivity contribution in [2.24, 2.45) is 0 Å². The van der Waals surface area contributed by atoms with E-state index in [4.69, 9.17) is 0 Å². The van der Waals surface area contributed by atoms with Gasteiger partial charge in [-0.25, -0.2) is 8.42 Å². The fourth-order valence-corrected chi connectivity index (χ4v) is 7.40. The van der Waals surface area contributed by atoms with E-state index in [0.717, 1.165) is 27.1 Å². The molecule has 1 unspecified atom stereocenters. The van der Waals surface area contributed by atoms with Crippen molar-refractivity contribution in [2.45, 2.75) is 38.1 Å². The van der Waals surface area contributed by atoms with Crippen LogP contribution in [0, 0.1) is 6.92 Å². The number of rotatable bonds is 5. The van der Waals surface area contributed by atoms with Crippen LogP contribution >= 0.6 is 11.3 Å². The van der Waals surface area contributed by atoms with Crippen LogP contribution in [-0.2, 0) is 10.0 Å². The van der Waals surface area contributed by atoms with Gasteiger partial charge in [-0.3, -0.25) is 9.10 Å². The van der Waals surface area contributed by atoms with Gasteiger partial charge in [-0.15, -0.1) is 11.3 Å². The Balaban J connectivity index is 1.73. The number of fused-ring (bicyclic) bond motifs is 3. The van der Waals surface area contributed by atoms with E-state index < -0.39 is 10.0 Å². The number of benzene rings is 3. The van der Waals surface area contributed by atoms with E-state index in [1.165, 1.54) is 33.8 Å². The Morgan fingerprint density at radius 2 is 1.77 bits per heavy atom. The van der Waals surface area contributed by atoms with E-state index in [-0.39, 0.29) is 22.5 Å². The molecule has 7 heteroatoms. The van der Waals surface area contributed by atoms with Crippen molar-refractivity contribution in [1.29, 1.82) is 0 Å². The van der Waals surface area contributed by atoms with E-state index in [1.807, 2.05) is 61.5 Å². The number of phenols is 1. The summed E-state index contributed by atoms with van der Waals surface area (Å²) in [6.07, 6.45) is 0.599. The second-order valence-electron chi connectivity index (χ2n) is 8.71. The molecule has 0 saturated carbocycles. The minimum absolute atomic E-state index is 0.0248. The van der Waals surface area contributed by atoms with Gasteiger partial charge in [0.2, 0.25) is 0 Å². The van der Waals surface area contributed by atoms with Gasteiger partial charge in [-0.05, 0) is 85.0 Å². The molecule has 1 N–H and O–H groups in total. The molecule has 5 nitrogen and oxygen atoms in total. The maximum Gasteiger partial charge on any atom is 0.264 e. The molecular weight excluding hydrogens is 478 g/mol. The standard InChI is InChI=1S/C28H25NO4S2/c1-4-24-22-8-6-5-7-21(22)23-16-19(28-14-13-27(34-28)18(3)30)9-11-25(23)29(24)35(32,33)20-10-12-26(31)17(2)15-20/h5-16,24,31H,4H2,1-3H3. The largest absolute Gasteiger partial charge is 0.508 e. The first-order valence-corrected chi connectivity index (χ1v) is 13.7. The Bertz CT molecular complexity index is 1570. The van der Waals surface area contributed by atoms with Crippen molar-refractivity contribution in [2.75, 3.05) is 4.31 Å². The van der Waals surface area contributed by atoms with Crippen LogP contribution < -0.4 is 4.31 Å². The number of ketones is 1. The second-order valence-corrected chi connectivity index (χ2v) is 11.6. The topological polar surface area (TPSA) is 74.7 Å². The third-order valence-corrected chi connectivity index (χ3v) is 9.53. The van der Waals surface area contributed by atoms with Crippen molar-refractivity contribution >= 4 is 32.8 Å². The molecule has 5 rings (SSSR count). The lowest BCUT2D eigenvalue weighted by atomic mass is 9.87. The summed E-state index contributed by atoms with van der Waals surface area (Å²) in [5.41, 5.74) is 4.85. The quantitative estimate of drug-likeness (QED) is 0.299. The molecule has 1 aromatic heterocycles. The highest BCUT2D eigenvalue weighted by Gasteiger charge is 2.38. The minimum atomic E-state index is -3.92. The number of aryl methyl sites for hydroxylation is 1. The molecule has 0 saturated heterocycles. The summed E-state index contributed by atoms with van der Waals surface area (Å²) in [7, 11) is -3.92. The zero-order valence-corrected chi connectivity index (χ0v) is 21.3. The van der Waals surface area contributed by atoms with E-state index in [1.54, 1.807) is 13.8 Å². The number of thiophene rings is 1. The van der Waals surface area contributed by atoms with Gasteiger partial charge in [-0.1, -0.05) is 37.3 Å². The highest BCUT2D eigenvalue weighted by molar-refractivity contribution is 7.92. The number of sulfonamides is 1. The van der Waals surface area contributed by atoms with E-state index in [9.17, 15) is 18.3 Å². The molecule has 3 aromatic carbocycles. The lowest BCUT2D eigenvalue weighted by Crippen LogP contribution is -2.37. The minimum Gasteiger partial charge on any atom is -0.508 e. The molecule has 0 amide bonds. The van der Waals surface area contributed by atoms with Crippen molar-refractivity contribution in [3.63, 3.8) is 0 Å². The van der Waals surface area contributed by atoms with Gasteiger partial charge >= 0.3 is 0 Å². The number of nitrogens with zero attached hydrogens (tertiary/aromatic N) is 1. The van der Waals surface area contributed by atoms with E-state index >= 15 is 0 Å². The van der Waals surface area contributed by atoms with Crippen molar-refractivity contribution < 1.29 is 18.3 Å². The van der Waals surface area contributed by atoms with Crippen LogP contribution in [0.1, 0.15) is 47.1 Å². The number of phenolic OH excluding ortho intramolecular Hbond substituents is 1. The number of carbonyl (C=O) groups excluding carboxylic acids is 1. The Labute approximate surface area is 209 Å². The normalized spacial score (nSPS) is 14.9. The third-order valence-electron chi connectivity index (χ3n) is 6.48. The average Bonchev–Trinajstić information content (AvgIpc) is 3.35. The maximum absolute atomic E-state index is 14.0. The number of hydrogen-bond acceptors (Lipinski definition) is 5. The van der Waals surface area contributed by atoms with Crippen molar-refractivity contribution in [3.05, 3.63) is 88.8 Å². The third kappa shape index (κ3) is 3.85. The molecule has 35 heavy (non-hydrogen) atoms. The lowest BCUT2D eigenvalue weighted by Gasteiger charge is -2.39. The van der Waals surface area contributed by atoms with Crippen LogP contribution in [-0.4, -0.2) is 19.3 Å². The first kappa shape index (κ1) is 23.3. The Hall–Kier alpha value is -3.42. The van der Waals surface area contributed by atoms with Crippen LogP contribution in [0.25, 0.3) is 21.6 Å². The first-order chi connectivity index (χ1) is 16.7. The summed E-state index contributed by atoms with van der Waals surface area (Å²) in [5, 5.41) is 9.95. The number of aromatic hydroxyl groups is 1. The summed E-state index contributed by atoms with van der Waals surface area (Å²) in [6, 6.07) is 21.5. The van der Waals surface area contributed by atoms with Gasteiger partial charge in [0.25, 0.3) is 10.0 Å². The van der Waals surface area contributed by atoms with Gasteiger partial charge in [0, 0.05) is 10.4 Å². The van der Waals surface area contributed by atoms with E-state index in [2.05, 4.69) is 0 Å². The number of carbonyl (C=O) groups is 1. The molecule has 4 aromatic rings. The van der Waals surface area contributed by atoms with Crippen LogP contribution in [0.15, 0.2) is 77.7 Å². The molecule has 0 radical (unpaired) electrons. The Kier molecular flexibility index (Phi) is 5.77. The van der Waals surface area contributed by atoms with Gasteiger partial charge in [0.05, 0.1) is 21.5 Å². The summed E-state index contributed by atoms with van der Waals surface area (Å²) in [6.45, 7) is 5.23. The number of Topliss-reactive ketones (excluding diaryl/α,β-unsaturated/α-hetero) is 1. The summed E-state index contributed by atoms with van der Waals surface area (Å²) in [5.74, 6) is 0.0858. The average molecular weight is 504 g/mol. The van der Waals surface area contributed by atoms with Gasteiger partial charge in [0.1, 0.15) is 5.75 Å². The smallest absolute Gasteiger partial charge is 0.264 e. The number of hydrogen-bond donors (Lipinski definition) is 1. The van der Waals surface area contributed by atoms with Gasteiger partial charge in [-0.2, -0.15) is 0 Å². The van der Waals surface area contributed by atoms with Crippen LogP contribution in [0.4, 0.5) is 5.69 Å². The molecular formula is C28H25NO4S2. The monoisotopic (exact) mass is 503 g/mol. The van der Waals surface area contributed by atoms with Crippen LogP contribution in [0.5, 0.6) is 5.75 Å². The Morgan fingerprint density at radius 3 is 2.46 bits per heavy atom. The molecule has 0 aliphatic carbocycles. The SMILES string of the molecule is CCC1c2ccccc2-c2cc(-c3ccc(C(C)=O)s3)ccc2N1S(=O)(=O)c1ccc(O)c(C)c1. The zero-order chi connectivity index (χ0) is 24.9. The summed E-state index contributed by atoms with van der Waals surface area (Å²) < 4.78 is 29.6. The lowest BCUT2D eigenvalue weighted by molar-refractivity contribution is 0.102. The Morgan fingerprint density at radius 1 is 1.00 bits per heavy atom. The fraction of sp³-hybridized carbons (Fsp3) is 0.179. The van der Waals surface area contributed by atoms with E-state index in [0.29, 0.717) is 22.5 Å². The molecule has 2 heterocycles. The fourth-order valence-electron chi connectivity index (χ4n) is 4.69. The number of anilines is 1. The maximum atomic E-state index is 14.0. The molecule has 1 aliphatic heterocycles. The first-order valence-electron chi connectivity index (χ1n) is 11.4. The highest BCUT2D eigenvalue weighted by atomic mass is 32.2. The highest BCUT2D eigenvalue weighted by Crippen LogP contribution is 2.49. The summed E-state index contributed by atoms with van der Waals surface area (Å²) >= 11 is 1.43. The molecule has 1 atom stereocenters. The van der Waals surface area contributed by atoms with Crippen molar-refractivity contribution in [1.82, 2.24) is 0 Å². The van der Waals surface area contributed by atoms with Crippen LogP contribution in [0.3, 0.4) is 0 Å². The molecule has 1 aliphatic rings. The molecule has 178 valence electrons. The van der Waals surface area contributed by atoms with Gasteiger partial charge < -0.3 is 5.11 Å². The summed E-state index contributed by atoms with van der Waals surface area (Å²) in [4.78, 5) is 13.6. The predicted molar refractivity (Wildman–Crippen MR) is 141 cm³/mol. The van der Waals surface area contributed by atoms with Crippen LogP contribution in [0.2, 0.25) is 0 Å². The predicted octanol–water partition coefficient (Wildman–Crippen LogP) is 6.96. The van der Waals surface area contributed by atoms with Gasteiger partial charge in [0.15, 0.2) is 5.78 Å². The zero-order valence-electron chi connectivity index (χ0n) is 19.6. The molecule has 0 spiro atoms. The van der Waals surface area contributed by atoms with Crippen molar-refractivity contribution in [3.8, 4) is 27.3 Å². The second kappa shape index (κ2) is 8.66. The molecule has 0 bridgehead atoms. The molecule has 0 fully saturated rings.